The molecule has 1 N–H and O–H groups in total. The first-order valence-electron chi connectivity index (χ1n) is 5.48. The third kappa shape index (κ3) is 2.11. The molecular formula is C11H13BrN2O2S. The minimum absolute atomic E-state index is 0.184. The molecule has 0 aromatic carbocycles. The molecule has 0 bridgehead atoms. The van der Waals surface area contributed by atoms with Gasteiger partial charge in [0, 0.05) is 6.54 Å². The molecule has 0 aliphatic carbocycles. The zero-order valence-electron chi connectivity index (χ0n) is 9.67. The van der Waals surface area contributed by atoms with Crippen LogP contribution in [-0.4, -0.2) is 9.55 Å². The van der Waals surface area contributed by atoms with Gasteiger partial charge in [0.2, 0.25) is 0 Å². The number of unbranched alkanes of at least 4 members (excludes halogenated alkanes) is 1. The number of thiophene rings is 1. The van der Waals surface area contributed by atoms with E-state index in [0.717, 1.165) is 22.2 Å². The highest BCUT2D eigenvalue weighted by atomic mass is 79.9. The van der Waals surface area contributed by atoms with E-state index >= 15 is 0 Å². The molecule has 2 heterocycles. The van der Waals surface area contributed by atoms with E-state index in [0.29, 0.717) is 16.8 Å². The van der Waals surface area contributed by atoms with E-state index in [9.17, 15) is 9.59 Å². The molecule has 2 aromatic rings. The summed E-state index contributed by atoms with van der Waals surface area (Å²) < 4.78 is 2.19. The Morgan fingerprint density at radius 3 is 2.76 bits per heavy atom. The smallest absolute Gasteiger partial charge is 0.298 e. The SMILES string of the molecule is CCCCn1c(=O)[nH]c2sc(Br)c(C)c2c1=O. The maximum atomic E-state index is 12.2. The number of aromatic amines is 1. The lowest BCUT2D eigenvalue weighted by Crippen LogP contribution is -2.34. The number of rotatable bonds is 3. The number of hydrogen-bond acceptors (Lipinski definition) is 3. The summed E-state index contributed by atoms with van der Waals surface area (Å²) in [5.41, 5.74) is 0.401. The Morgan fingerprint density at radius 1 is 1.41 bits per heavy atom. The number of aromatic nitrogens is 2. The minimum atomic E-state index is -0.315. The second-order valence-electron chi connectivity index (χ2n) is 3.95. The normalized spacial score (nSPS) is 11.2. The van der Waals surface area contributed by atoms with Crippen LogP contribution in [0.5, 0.6) is 0 Å². The highest BCUT2D eigenvalue weighted by molar-refractivity contribution is 9.11. The van der Waals surface area contributed by atoms with Crippen LogP contribution >= 0.6 is 27.3 Å². The van der Waals surface area contributed by atoms with Gasteiger partial charge < -0.3 is 0 Å². The monoisotopic (exact) mass is 316 g/mol. The fraction of sp³-hybridized carbons (Fsp3) is 0.455. The number of H-pyrrole nitrogens is 1. The van der Waals surface area contributed by atoms with Gasteiger partial charge in [-0.2, -0.15) is 0 Å². The molecule has 17 heavy (non-hydrogen) atoms. The van der Waals surface area contributed by atoms with Gasteiger partial charge in [-0.05, 0) is 34.8 Å². The van der Waals surface area contributed by atoms with Crippen molar-refractivity contribution in [2.45, 2.75) is 33.2 Å². The maximum Gasteiger partial charge on any atom is 0.329 e. The fourth-order valence-electron chi connectivity index (χ4n) is 1.74. The predicted octanol–water partition coefficient (Wildman–Crippen LogP) is 2.62. The van der Waals surface area contributed by atoms with Crippen LogP contribution in [0.1, 0.15) is 25.3 Å². The average Bonchev–Trinajstić information content (AvgIpc) is 2.54. The summed E-state index contributed by atoms with van der Waals surface area (Å²) in [7, 11) is 0. The van der Waals surface area contributed by atoms with E-state index < -0.39 is 0 Å². The third-order valence-corrected chi connectivity index (χ3v) is 4.82. The summed E-state index contributed by atoms with van der Waals surface area (Å²) >= 11 is 4.78. The van der Waals surface area contributed by atoms with Crippen molar-refractivity contribution >= 4 is 37.5 Å². The first-order valence-corrected chi connectivity index (χ1v) is 7.09. The zero-order valence-corrected chi connectivity index (χ0v) is 12.1. The summed E-state index contributed by atoms with van der Waals surface area (Å²) in [5, 5.41) is 0.623. The highest BCUT2D eigenvalue weighted by Crippen LogP contribution is 2.30. The Morgan fingerprint density at radius 2 is 2.12 bits per heavy atom. The number of aryl methyl sites for hydroxylation is 1. The van der Waals surface area contributed by atoms with Crippen molar-refractivity contribution < 1.29 is 0 Å². The van der Waals surface area contributed by atoms with Crippen LogP contribution in [0.3, 0.4) is 0 Å². The Labute approximate surface area is 110 Å². The van der Waals surface area contributed by atoms with E-state index in [1.165, 1.54) is 15.9 Å². The van der Waals surface area contributed by atoms with Gasteiger partial charge in [-0.1, -0.05) is 13.3 Å². The van der Waals surface area contributed by atoms with Crippen LogP contribution in [0.15, 0.2) is 13.4 Å². The lowest BCUT2D eigenvalue weighted by molar-refractivity contribution is 0.589. The quantitative estimate of drug-likeness (QED) is 0.946. The Hall–Kier alpha value is -0.880. The topological polar surface area (TPSA) is 54.9 Å². The van der Waals surface area contributed by atoms with Gasteiger partial charge in [-0.25, -0.2) is 4.79 Å². The van der Waals surface area contributed by atoms with Crippen molar-refractivity contribution in [3.8, 4) is 0 Å². The maximum absolute atomic E-state index is 12.2. The van der Waals surface area contributed by atoms with Gasteiger partial charge in [0.05, 0.1) is 9.17 Å². The lowest BCUT2D eigenvalue weighted by atomic mass is 10.2. The zero-order chi connectivity index (χ0) is 12.6. The van der Waals surface area contributed by atoms with Crippen LogP contribution in [0.25, 0.3) is 10.2 Å². The summed E-state index contributed by atoms with van der Waals surface area (Å²) in [4.78, 5) is 27.4. The third-order valence-electron chi connectivity index (χ3n) is 2.75. The Bertz CT molecular complexity index is 668. The number of fused-ring (bicyclic) bond motifs is 1. The van der Waals surface area contributed by atoms with Crippen molar-refractivity contribution in [3.63, 3.8) is 0 Å². The molecule has 4 nitrogen and oxygen atoms in total. The molecule has 6 heteroatoms. The van der Waals surface area contributed by atoms with Gasteiger partial charge in [0.15, 0.2) is 0 Å². The molecule has 0 atom stereocenters. The number of nitrogens with one attached hydrogen (secondary N) is 1. The molecule has 0 amide bonds. The van der Waals surface area contributed by atoms with Crippen molar-refractivity contribution in [3.05, 3.63) is 30.2 Å². The Kier molecular flexibility index (Phi) is 3.53. The number of halogens is 1. The van der Waals surface area contributed by atoms with Crippen LogP contribution in [0.4, 0.5) is 0 Å². The van der Waals surface area contributed by atoms with Crippen LogP contribution in [0.2, 0.25) is 0 Å². The lowest BCUT2D eigenvalue weighted by Gasteiger charge is -2.03. The van der Waals surface area contributed by atoms with Gasteiger partial charge >= 0.3 is 5.69 Å². The van der Waals surface area contributed by atoms with E-state index in [4.69, 9.17) is 0 Å². The molecule has 92 valence electrons. The standard InChI is InChI=1S/C11H13BrN2O2S/c1-3-4-5-14-10(15)7-6(2)8(12)17-9(7)13-11(14)16/h3-5H2,1-2H3,(H,13,16). The summed E-state index contributed by atoms with van der Waals surface area (Å²) in [5.74, 6) is 0. The molecule has 0 aliphatic rings. The molecule has 0 unspecified atom stereocenters. The van der Waals surface area contributed by atoms with E-state index in [1.807, 2.05) is 13.8 Å². The van der Waals surface area contributed by atoms with Crippen molar-refractivity contribution in [2.75, 3.05) is 0 Å². The molecule has 2 aromatic heterocycles. The van der Waals surface area contributed by atoms with Gasteiger partial charge in [0.1, 0.15) is 4.83 Å². The number of hydrogen-bond donors (Lipinski definition) is 1. The molecule has 0 saturated carbocycles. The van der Waals surface area contributed by atoms with Crippen LogP contribution in [0, 0.1) is 6.92 Å². The molecule has 0 aliphatic heterocycles. The van der Waals surface area contributed by atoms with Gasteiger partial charge in [0.25, 0.3) is 5.56 Å². The molecule has 0 saturated heterocycles. The first kappa shape index (κ1) is 12.6. The summed E-state index contributed by atoms with van der Waals surface area (Å²) in [6.07, 6.45) is 1.79. The predicted molar refractivity (Wildman–Crippen MR) is 74.1 cm³/mol. The minimum Gasteiger partial charge on any atom is -0.298 e. The van der Waals surface area contributed by atoms with Crippen molar-refractivity contribution in [2.24, 2.45) is 0 Å². The first-order chi connectivity index (χ1) is 8.06. The highest BCUT2D eigenvalue weighted by Gasteiger charge is 2.14. The summed E-state index contributed by atoms with van der Waals surface area (Å²) in [6.45, 7) is 4.39. The molecule has 0 fully saturated rings. The van der Waals surface area contributed by atoms with Gasteiger partial charge in [-0.3, -0.25) is 14.3 Å². The van der Waals surface area contributed by atoms with Crippen LogP contribution in [-0.2, 0) is 6.54 Å². The van der Waals surface area contributed by atoms with Crippen LogP contribution < -0.4 is 11.2 Å². The summed E-state index contributed by atoms with van der Waals surface area (Å²) in [6, 6.07) is 0. The van der Waals surface area contributed by atoms with Gasteiger partial charge in [-0.15, -0.1) is 11.3 Å². The molecular weight excluding hydrogens is 304 g/mol. The Balaban J connectivity index is 2.74. The second-order valence-corrected chi connectivity index (χ2v) is 6.28. The van der Waals surface area contributed by atoms with Crippen molar-refractivity contribution in [1.29, 1.82) is 0 Å². The second kappa shape index (κ2) is 4.78. The van der Waals surface area contributed by atoms with Crippen molar-refractivity contribution in [1.82, 2.24) is 9.55 Å². The molecule has 0 spiro atoms. The van der Waals surface area contributed by atoms with E-state index in [1.54, 1.807) is 0 Å². The van der Waals surface area contributed by atoms with E-state index in [2.05, 4.69) is 20.9 Å². The molecule has 0 radical (unpaired) electrons. The van der Waals surface area contributed by atoms with E-state index in [-0.39, 0.29) is 11.2 Å². The molecule has 2 rings (SSSR count). The number of nitrogens with zero attached hydrogens (tertiary/aromatic N) is 1. The average molecular weight is 317 g/mol. The largest absolute Gasteiger partial charge is 0.329 e. The fourth-order valence-corrected chi connectivity index (χ4v) is 3.34.